The number of nitrogens with zero attached hydrogens (tertiary/aromatic N) is 7. The van der Waals surface area contributed by atoms with Gasteiger partial charge in [0.05, 0.1) is 17.8 Å². The van der Waals surface area contributed by atoms with Gasteiger partial charge in [-0.2, -0.15) is 0 Å². The molecule has 1 unspecified atom stereocenters. The normalized spacial score (nSPS) is 20.4. The first-order valence-electron chi connectivity index (χ1n) is 17.4. The molecule has 0 saturated carbocycles. The van der Waals surface area contributed by atoms with Crippen LogP contribution in [-0.4, -0.2) is 96.1 Å². The Bertz CT molecular complexity index is 1980. The average Bonchev–Trinajstić information content (AvgIpc) is 3.77. The fourth-order valence-corrected chi connectivity index (χ4v) is 8.50. The van der Waals surface area contributed by atoms with Crippen molar-refractivity contribution in [2.24, 2.45) is 5.73 Å². The fourth-order valence-electron chi connectivity index (χ4n) is 8.19. The fraction of sp³-hybridized carbons (Fsp3) is 0.417. The lowest BCUT2D eigenvalue weighted by molar-refractivity contribution is -0.134. The van der Waals surface area contributed by atoms with Crippen LogP contribution in [-0.2, 0) is 16.0 Å². The Hall–Kier alpha value is -4.88. The lowest BCUT2D eigenvalue weighted by Crippen LogP contribution is -2.53. The molecule has 8 rings (SSSR count). The number of piperazine rings is 1. The number of aromatic nitrogens is 3. The van der Waals surface area contributed by atoms with Crippen molar-refractivity contribution in [3.05, 3.63) is 70.5 Å². The standard InChI is InChI=1S/C36H41ClN10O3/c1-39-28-20-32(42-47-31(34(38)49)21-40-35(28)47)46-14-11-26-29(3-2-4-30(26)46)45-17-15-44(16-18-45)22-9-12-43(13-10-22)23-5-6-24(27(37)19-23)25-7-8-33(48)41-36(25)50/h2-6,19-22,25,39H,7-18H2,1H3,(H2,38,49)(H,41,48,50). The first-order chi connectivity index (χ1) is 24.3. The van der Waals surface area contributed by atoms with Crippen molar-refractivity contribution in [1.29, 1.82) is 0 Å². The van der Waals surface area contributed by atoms with Crippen molar-refractivity contribution in [2.75, 3.05) is 72.9 Å². The summed E-state index contributed by atoms with van der Waals surface area (Å²) in [5, 5.41) is 11.0. The maximum atomic E-state index is 12.4. The largest absolute Gasteiger partial charge is 0.385 e. The molecule has 1 atom stereocenters. The van der Waals surface area contributed by atoms with E-state index in [9.17, 15) is 14.4 Å². The van der Waals surface area contributed by atoms with E-state index in [1.807, 2.05) is 25.2 Å². The lowest BCUT2D eigenvalue weighted by atomic mass is 9.90. The second kappa shape index (κ2) is 13.1. The zero-order valence-corrected chi connectivity index (χ0v) is 28.8. The summed E-state index contributed by atoms with van der Waals surface area (Å²) >= 11 is 6.69. The number of fused-ring (bicyclic) bond motifs is 2. The van der Waals surface area contributed by atoms with Crippen LogP contribution in [0.1, 0.15) is 53.2 Å². The van der Waals surface area contributed by atoms with Gasteiger partial charge in [-0.3, -0.25) is 24.6 Å². The molecule has 2 aromatic heterocycles. The summed E-state index contributed by atoms with van der Waals surface area (Å²) in [6, 6.07) is 15.0. The molecular weight excluding hydrogens is 656 g/mol. The Kier molecular flexibility index (Phi) is 8.47. The number of piperidine rings is 2. The first kappa shape index (κ1) is 32.3. The van der Waals surface area contributed by atoms with E-state index >= 15 is 0 Å². The molecule has 4 N–H and O–H groups in total. The van der Waals surface area contributed by atoms with Gasteiger partial charge in [-0.15, -0.1) is 5.10 Å². The topological polar surface area (TPSA) is 144 Å². The molecule has 3 saturated heterocycles. The lowest BCUT2D eigenvalue weighted by Gasteiger charge is -2.44. The number of rotatable bonds is 7. The predicted molar refractivity (Wildman–Crippen MR) is 194 cm³/mol. The summed E-state index contributed by atoms with van der Waals surface area (Å²) in [4.78, 5) is 50.2. The Morgan fingerprint density at radius 3 is 2.44 bits per heavy atom. The molecule has 0 bridgehead atoms. The highest BCUT2D eigenvalue weighted by molar-refractivity contribution is 6.32. The van der Waals surface area contributed by atoms with Crippen LogP contribution in [0, 0.1) is 0 Å². The van der Waals surface area contributed by atoms with E-state index in [0.717, 1.165) is 93.5 Å². The number of imide groups is 1. The molecule has 0 spiro atoms. The molecule has 2 aromatic carbocycles. The van der Waals surface area contributed by atoms with E-state index in [0.29, 0.717) is 29.6 Å². The zero-order chi connectivity index (χ0) is 34.5. The summed E-state index contributed by atoms with van der Waals surface area (Å²) in [6.45, 7) is 6.68. The van der Waals surface area contributed by atoms with Gasteiger partial charge < -0.3 is 25.8 Å². The minimum absolute atomic E-state index is 0.219. The van der Waals surface area contributed by atoms with Crippen LogP contribution in [0.15, 0.2) is 48.7 Å². The summed E-state index contributed by atoms with van der Waals surface area (Å²) in [7, 11) is 1.83. The van der Waals surface area contributed by atoms with E-state index < -0.39 is 5.91 Å². The van der Waals surface area contributed by atoms with E-state index in [1.165, 1.54) is 22.0 Å². The van der Waals surface area contributed by atoms with E-state index in [-0.39, 0.29) is 23.4 Å². The summed E-state index contributed by atoms with van der Waals surface area (Å²) < 4.78 is 1.53. The minimum Gasteiger partial charge on any atom is -0.385 e. The van der Waals surface area contributed by atoms with Gasteiger partial charge in [-0.1, -0.05) is 23.7 Å². The number of halogens is 1. The summed E-state index contributed by atoms with van der Waals surface area (Å²) in [6.07, 6.45) is 5.38. The second-order valence-electron chi connectivity index (χ2n) is 13.5. The number of anilines is 5. The summed E-state index contributed by atoms with van der Waals surface area (Å²) in [5.74, 6) is -0.692. The maximum absolute atomic E-state index is 12.4. The Labute approximate surface area is 295 Å². The number of benzene rings is 2. The van der Waals surface area contributed by atoms with Crippen molar-refractivity contribution >= 4 is 63.5 Å². The average molecular weight is 697 g/mol. The molecule has 3 amide bonds. The third-order valence-corrected chi connectivity index (χ3v) is 11.2. The van der Waals surface area contributed by atoms with Crippen molar-refractivity contribution in [1.82, 2.24) is 24.8 Å². The number of hydrogen-bond donors (Lipinski definition) is 3. The number of carbonyl (C=O) groups is 3. The number of amides is 3. The monoisotopic (exact) mass is 696 g/mol. The summed E-state index contributed by atoms with van der Waals surface area (Å²) in [5.41, 5.74) is 12.8. The van der Waals surface area contributed by atoms with Crippen molar-refractivity contribution in [2.45, 2.75) is 44.1 Å². The van der Waals surface area contributed by atoms with Crippen LogP contribution >= 0.6 is 11.6 Å². The highest BCUT2D eigenvalue weighted by Crippen LogP contribution is 2.41. The molecule has 4 aliphatic rings. The number of nitrogens with one attached hydrogen (secondary N) is 2. The van der Waals surface area contributed by atoms with Gasteiger partial charge in [0, 0.05) is 99.0 Å². The van der Waals surface area contributed by atoms with Crippen LogP contribution in [0.25, 0.3) is 5.65 Å². The van der Waals surface area contributed by atoms with Gasteiger partial charge in [0.1, 0.15) is 5.69 Å². The van der Waals surface area contributed by atoms with Crippen molar-refractivity contribution in [3.63, 3.8) is 0 Å². The third kappa shape index (κ3) is 5.77. The third-order valence-electron chi connectivity index (χ3n) is 10.9. The van der Waals surface area contributed by atoms with Crippen molar-refractivity contribution in [3.8, 4) is 0 Å². The van der Waals surface area contributed by atoms with Gasteiger partial charge in [-0.25, -0.2) is 9.50 Å². The predicted octanol–water partition coefficient (Wildman–Crippen LogP) is 3.53. The molecule has 4 aromatic rings. The molecule has 260 valence electrons. The molecule has 6 heterocycles. The van der Waals surface area contributed by atoms with E-state index in [1.54, 1.807) is 0 Å². The Morgan fingerprint density at radius 2 is 1.72 bits per heavy atom. The quantitative estimate of drug-likeness (QED) is 0.246. The first-order valence-corrected chi connectivity index (χ1v) is 17.8. The van der Waals surface area contributed by atoms with Gasteiger partial charge in [-0.05, 0) is 55.5 Å². The van der Waals surface area contributed by atoms with Gasteiger partial charge in [0.15, 0.2) is 11.5 Å². The molecule has 4 aliphatic heterocycles. The van der Waals surface area contributed by atoms with Crippen LogP contribution in [0.4, 0.5) is 28.6 Å². The van der Waals surface area contributed by atoms with Crippen molar-refractivity contribution < 1.29 is 14.4 Å². The van der Waals surface area contributed by atoms with E-state index in [4.69, 9.17) is 22.4 Å². The number of hydrogen-bond acceptors (Lipinski definition) is 10. The number of primary amides is 1. The highest BCUT2D eigenvalue weighted by Gasteiger charge is 2.33. The van der Waals surface area contributed by atoms with Crippen LogP contribution in [0.3, 0.4) is 0 Å². The molecule has 3 fully saturated rings. The molecule has 0 radical (unpaired) electrons. The smallest absolute Gasteiger partial charge is 0.269 e. The number of carbonyl (C=O) groups excluding carboxylic acids is 3. The minimum atomic E-state index is -0.568. The van der Waals surface area contributed by atoms with Crippen LogP contribution in [0.2, 0.25) is 5.02 Å². The Morgan fingerprint density at radius 1 is 0.940 bits per heavy atom. The zero-order valence-electron chi connectivity index (χ0n) is 28.1. The highest BCUT2D eigenvalue weighted by atomic mass is 35.5. The molecule has 14 heteroatoms. The molecule has 50 heavy (non-hydrogen) atoms. The Balaban J connectivity index is 0.901. The number of nitrogens with two attached hydrogens (primary N) is 1. The second-order valence-corrected chi connectivity index (χ2v) is 13.9. The molecule has 13 nitrogen and oxygen atoms in total. The van der Waals surface area contributed by atoms with Gasteiger partial charge in [0.2, 0.25) is 11.8 Å². The van der Waals surface area contributed by atoms with Gasteiger partial charge >= 0.3 is 0 Å². The maximum Gasteiger partial charge on any atom is 0.269 e. The molecular formula is C36H41ClN10O3. The SMILES string of the molecule is CNc1cc(N2CCc3c(N4CCN(C5CCN(c6ccc(C7CCC(=O)NC7=O)c(Cl)c6)CC5)CC4)cccc32)nn2c(C(N)=O)cnc12. The number of imidazole rings is 1. The van der Waals surface area contributed by atoms with Crippen LogP contribution < -0.4 is 31.1 Å². The van der Waals surface area contributed by atoms with Crippen LogP contribution in [0.5, 0.6) is 0 Å². The van der Waals surface area contributed by atoms with Gasteiger partial charge in [0.25, 0.3) is 5.91 Å². The van der Waals surface area contributed by atoms with E-state index in [2.05, 4.69) is 59.5 Å². The molecule has 0 aliphatic carbocycles.